The first kappa shape index (κ1) is 21.7. The first-order valence-corrected chi connectivity index (χ1v) is 10.7. The number of fused-ring (bicyclic) bond motifs is 3. The summed E-state index contributed by atoms with van der Waals surface area (Å²) in [6, 6.07) is 9.39. The van der Waals surface area contributed by atoms with Gasteiger partial charge in [0.15, 0.2) is 0 Å². The molecule has 10 heteroatoms. The molecule has 5 rings (SSSR count). The van der Waals surface area contributed by atoms with Crippen molar-refractivity contribution in [3.63, 3.8) is 0 Å². The van der Waals surface area contributed by atoms with Crippen molar-refractivity contribution in [1.82, 2.24) is 4.90 Å². The molecule has 0 radical (unpaired) electrons. The number of ether oxygens (including phenoxy) is 2. The number of aliphatic imine (C=N–C) groups is 2. The lowest BCUT2D eigenvalue weighted by Crippen LogP contribution is -2.46. The van der Waals surface area contributed by atoms with E-state index in [0.29, 0.717) is 55.7 Å². The molecule has 0 saturated carbocycles. The van der Waals surface area contributed by atoms with E-state index < -0.39 is 17.4 Å². The molecule has 174 valence electrons. The molecule has 0 bridgehead atoms. The molecule has 7 nitrogen and oxygen atoms in total. The molecular weight excluding hydrogens is 435 g/mol. The van der Waals surface area contributed by atoms with Crippen LogP contribution in [-0.4, -0.2) is 62.7 Å². The van der Waals surface area contributed by atoms with Gasteiger partial charge in [0.1, 0.15) is 22.9 Å². The number of hydrogen-bond acceptors (Lipinski definition) is 7. The van der Waals surface area contributed by atoms with E-state index in [-0.39, 0.29) is 6.42 Å². The Morgan fingerprint density at radius 1 is 1.18 bits per heavy atom. The van der Waals surface area contributed by atoms with Gasteiger partial charge >= 0.3 is 6.18 Å². The Morgan fingerprint density at radius 2 is 1.97 bits per heavy atom. The summed E-state index contributed by atoms with van der Waals surface area (Å²) in [5, 5.41) is 0. The maximum Gasteiger partial charge on any atom is 0.416 e. The van der Waals surface area contributed by atoms with Gasteiger partial charge in [-0.15, -0.1) is 0 Å². The van der Waals surface area contributed by atoms with Crippen LogP contribution in [-0.2, 0) is 17.3 Å². The minimum absolute atomic E-state index is 0.150. The molecule has 2 aromatic rings. The predicted octanol–water partition coefficient (Wildman–Crippen LogP) is 3.18. The number of para-hydroxylation sites is 1. The predicted molar refractivity (Wildman–Crippen MR) is 119 cm³/mol. The minimum atomic E-state index is -4.44. The normalized spacial score (nSPS) is 22.2. The van der Waals surface area contributed by atoms with Crippen LogP contribution in [0, 0.1) is 0 Å². The summed E-state index contributed by atoms with van der Waals surface area (Å²) < 4.78 is 51.3. The second-order valence-corrected chi connectivity index (χ2v) is 8.39. The molecule has 33 heavy (non-hydrogen) atoms. The van der Waals surface area contributed by atoms with E-state index in [2.05, 4.69) is 4.99 Å². The summed E-state index contributed by atoms with van der Waals surface area (Å²) in [7, 11) is 1.57. The number of methoxy groups -OCH3 is 1. The van der Waals surface area contributed by atoms with Crippen molar-refractivity contribution < 1.29 is 22.6 Å². The number of nitrogens with zero attached hydrogens (tertiary/aromatic N) is 4. The average Bonchev–Trinajstić information content (AvgIpc) is 3.15. The Morgan fingerprint density at radius 3 is 2.70 bits per heavy atom. The van der Waals surface area contributed by atoms with Crippen LogP contribution in [0.5, 0.6) is 5.75 Å². The third kappa shape index (κ3) is 4.04. The highest BCUT2D eigenvalue weighted by molar-refractivity contribution is 6.12. The second kappa shape index (κ2) is 8.03. The lowest BCUT2D eigenvalue weighted by Gasteiger charge is -2.32. The molecule has 0 amide bonds. The number of alkyl halides is 3. The van der Waals surface area contributed by atoms with Gasteiger partial charge in [0.25, 0.3) is 0 Å². The van der Waals surface area contributed by atoms with E-state index in [1.54, 1.807) is 13.4 Å². The lowest BCUT2D eigenvalue weighted by atomic mass is 9.96. The molecule has 1 atom stereocenters. The fraction of sp³-hybridized carbons (Fsp3) is 0.391. The van der Waals surface area contributed by atoms with Crippen molar-refractivity contribution >= 4 is 23.5 Å². The highest BCUT2D eigenvalue weighted by Gasteiger charge is 2.40. The summed E-state index contributed by atoms with van der Waals surface area (Å²) in [5.74, 6) is 1.26. The van der Waals surface area contributed by atoms with Gasteiger partial charge < -0.3 is 25.0 Å². The van der Waals surface area contributed by atoms with Crippen LogP contribution in [0.1, 0.15) is 16.7 Å². The van der Waals surface area contributed by atoms with Crippen LogP contribution in [0.4, 0.5) is 24.5 Å². The fourth-order valence-corrected chi connectivity index (χ4v) is 4.56. The van der Waals surface area contributed by atoms with Crippen molar-refractivity contribution in [2.45, 2.75) is 18.3 Å². The number of amidine groups is 1. The standard InChI is InChI=1S/C23H24F3N5O2/c1-32-19-4-2-3-17-20(19)28-14-31-13-22(27,29-21(17)31)12-15-11-16(23(24,25)26)5-6-18(15)30-7-9-33-10-8-30/h2-6,11,14H,7-10,12-13,27H2,1H3. The molecule has 0 aliphatic carbocycles. The monoisotopic (exact) mass is 459 g/mol. The maximum atomic E-state index is 13.5. The lowest BCUT2D eigenvalue weighted by molar-refractivity contribution is -0.137. The first-order chi connectivity index (χ1) is 15.8. The third-order valence-corrected chi connectivity index (χ3v) is 6.09. The van der Waals surface area contributed by atoms with Crippen LogP contribution in [0.2, 0.25) is 0 Å². The van der Waals surface area contributed by atoms with Crippen molar-refractivity contribution in [2.24, 2.45) is 15.7 Å². The maximum absolute atomic E-state index is 13.5. The van der Waals surface area contributed by atoms with Crippen LogP contribution in [0.25, 0.3) is 0 Å². The Kier molecular flexibility index (Phi) is 5.29. The van der Waals surface area contributed by atoms with Crippen LogP contribution in [0.15, 0.2) is 46.4 Å². The Balaban J connectivity index is 1.52. The minimum Gasteiger partial charge on any atom is -0.494 e. The van der Waals surface area contributed by atoms with Crippen molar-refractivity contribution in [3.8, 4) is 5.75 Å². The molecule has 1 unspecified atom stereocenters. The zero-order chi connectivity index (χ0) is 23.2. The van der Waals surface area contributed by atoms with Crippen LogP contribution in [0.3, 0.4) is 0 Å². The van der Waals surface area contributed by atoms with E-state index in [4.69, 9.17) is 20.2 Å². The van der Waals surface area contributed by atoms with Crippen LogP contribution >= 0.6 is 0 Å². The van der Waals surface area contributed by atoms with E-state index in [9.17, 15) is 13.2 Å². The highest BCUT2D eigenvalue weighted by Crippen LogP contribution is 2.39. The van der Waals surface area contributed by atoms with Gasteiger partial charge in [0.2, 0.25) is 0 Å². The molecule has 0 spiro atoms. The number of halogens is 3. The average molecular weight is 459 g/mol. The van der Waals surface area contributed by atoms with E-state index in [1.807, 2.05) is 28.0 Å². The molecule has 2 aromatic carbocycles. The number of morpholine rings is 1. The van der Waals surface area contributed by atoms with Crippen molar-refractivity contribution in [2.75, 3.05) is 44.9 Å². The zero-order valence-corrected chi connectivity index (χ0v) is 18.1. The molecule has 1 saturated heterocycles. The SMILES string of the molecule is COc1cccc2c1N=CN1CC(N)(Cc3cc(C(F)(F)F)ccc3N3CCOCC3)N=C21. The summed E-state index contributed by atoms with van der Waals surface area (Å²) in [6.45, 7) is 2.58. The van der Waals surface area contributed by atoms with E-state index >= 15 is 0 Å². The number of hydrogen-bond donors (Lipinski definition) is 1. The molecule has 3 aliphatic heterocycles. The Hall–Kier alpha value is -3.11. The summed E-state index contributed by atoms with van der Waals surface area (Å²) in [6.07, 6.45) is -2.65. The van der Waals surface area contributed by atoms with Crippen LogP contribution < -0.4 is 15.4 Å². The zero-order valence-electron chi connectivity index (χ0n) is 18.1. The molecule has 3 heterocycles. The fourth-order valence-electron chi connectivity index (χ4n) is 4.56. The van der Waals surface area contributed by atoms with Gasteiger partial charge in [0, 0.05) is 30.8 Å². The Labute approximate surface area is 189 Å². The van der Waals surface area contributed by atoms with Crippen molar-refractivity contribution in [1.29, 1.82) is 0 Å². The summed E-state index contributed by atoms with van der Waals surface area (Å²) in [5.41, 5.74) is 7.57. The van der Waals surface area contributed by atoms with Gasteiger partial charge in [-0.2, -0.15) is 13.2 Å². The number of nitrogens with two attached hydrogens (primary N) is 1. The van der Waals surface area contributed by atoms with Gasteiger partial charge in [-0.25, -0.2) is 9.98 Å². The second-order valence-electron chi connectivity index (χ2n) is 8.39. The number of anilines is 1. The first-order valence-electron chi connectivity index (χ1n) is 10.7. The van der Waals surface area contributed by atoms with E-state index in [0.717, 1.165) is 17.3 Å². The molecule has 2 N–H and O–H groups in total. The molecule has 3 aliphatic rings. The van der Waals surface area contributed by atoms with Gasteiger partial charge in [0.05, 0.1) is 38.8 Å². The number of rotatable bonds is 4. The van der Waals surface area contributed by atoms with Gasteiger partial charge in [-0.3, -0.25) is 0 Å². The quantitative estimate of drug-likeness (QED) is 0.760. The molecule has 0 aromatic heterocycles. The molecular formula is C23H24F3N5O2. The largest absolute Gasteiger partial charge is 0.494 e. The summed E-state index contributed by atoms with van der Waals surface area (Å²) >= 11 is 0. The van der Waals surface area contributed by atoms with E-state index in [1.165, 1.54) is 12.1 Å². The van der Waals surface area contributed by atoms with Crippen molar-refractivity contribution in [3.05, 3.63) is 53.1 Å². The summed E-state index contributed by atoms with van der Waals surface area (Å²) in [4.78, 5) is 13.1. The van der Waals surface area contributed by atoms with Gasteiger partial charge in [-0.05, 0) is 35.9 Å². The molecule has 1 fully saturated rings. The smallest absolute Gasteiger partial charge is 0.416 e. The Bertz CT molecular complexity index is 1130. The highest BCUT2D eigenvalue weighted by atomic mass is 19.4. The van der Waals surface area contributed by atoms with Gasteiger partial charge in [-0.1, -0.05) is 6.07 Å². The topological polar surface area (TPSA) is 75.7 Å². The number of benzene rings is 2. The third-order valence-electron chi connectivity index (χ3n) is 6.09.